The molecular formula is C16H10N2O5S. The summed E-state index contributed by atoms with van der Waals surface area (Å²) >= 11 is 1.41. The normalized spacial score (nSPS) is 11.2. The molecule has 2 aromatic heterocycles. The van der Waals surface area contributed by atoms with Gasteiger partial charge in [-0.1, -0.05) is 11.2 Å². The predicted octanol–water partition coefficient (Wildman–Crippen LogP) is 3.86. The lowest BCUT2D eigenvalue weighted by molar-refractivity contribution is -0.384. The van der Waals surface area contributed by atoms with E-state index in [2.05, 4.69) is 5.16 Å². The summed E-state index contributed by atoms with van der Waals surface area (Å²) in [5, 5.41) is 16.5. The van der Waals surface area contributed by atoms with E-state index in [1.807, 2.05) is 17.5 Å². The Balaban J connectivity index is 1.90. The van der Waals surface area contributed by atoms with Gasteiger partial charge >= 0.3 is 5.97 Å². The minimum atomic E-state index is -0.726. The number of nitro groups is 1. The van der Waals surface area contributed by atoms with E-state index in [0.717, 1.165) is 4.88 Å². The number of nitro benzene ring substituents is 1. The Kier molecular flexibility index (Phi) is 4.48. The van der Waals surface area contributed by atoms with Crippen molar-refractivity contribution in [3.8, 4) is 0 Å². The molecule has 0 aliphatic rings. The van der Waals surface area contributed by atoms with Gasteiger partial charge in [-0.2, -0.15) is 0 Å². The van der Waals surface area contributed by atoms with E-state index in [-0.39, 0.29) is 11.4 Å². The lowest BCUT2D eigenvalue weighted by Gasteiger charge is -2.04. The summed E-state index contributed by atoms with van der Waals surface area (Å²) in [5.41, 5.74) is 0.965. The third kappa shape index (κ3) is 3.39. The van der Waals surface area contributed by atoms with Crippen molar-refractivity contribution in [2.24, 2.45) is 5.16 Å². The fourth-order valence-electron chi connectivity index (χ4n) is 1.92. The molecule has 1 aromatic carbocycles. The standard InChI is InChI=1S/C16H10N2O5S/c19-16(13-3-1-9-22-13)23-17-15(14-4-2-10-24-14)11-5-7-12(8-6-11)18(20)21/h1-10H/b17-15-. The van der Waals surface area contributed by atoms with E-state index in [0.29, 0.717) is 11.3 Å². The van der Waals surface area contributed by atoms with Crippen molar-refractivity contribution in [2.45, 2.75) is 0 Å². The molecule has 2 heterocycles. The number of carbonyl (C=O) groups is 1. The second-order valence-electron chi connectivity index (χ2n) is 4.58. The number of nitrogens with zero attached hydrogens (tertiary/aromatic N) is 2. The van der Waals surface area contributed by atoms with E-state index < -0.39 is 10.9 Å². The Morgan fingerprint density at radius 1 is 1.17 bits per heavy atom. The van der Waals surface area contributed by atoms with E-state index in [1.54, 1.807) is 18.2 Å². The molecule has 0 saturated carbocycles. The number of rotatable bonds is 5. The quantitative estimate of drug-likeness (QED) is 0.304. The Morgan fingerprint density at radius 3 is 2.54 bits per heavy atom. The van der Waals surface area contributed by atoms with Crippen LogP contribution < -0.4 is 0 Å². The highest BCUT2D eigenvalue weighted by Crippen LogP contribution is 2.19. The van der Waals surface area contributed by atoms with E-state index >= 15 is 0 Å². The van der Waals surface area contributed by atoms with E-state index in [9.17, 15) is 14.9 Å². The van der Waals surface area contributed by atoms with Crippen LogP contribution in [-0.4, -0.2) is 16.6 Å². The van der Waals surface area contributed by atoms with Gasteiger partial charge in [0.25, 0.3) is 5.69 Å². The van der Waals surface area contributed by atoms with Crippen molar-refractivity contribution in [1.82, 2.24) is 0 Å². The maximum atomic E-state index is 11.8. The highest BCUT2D eigenvalue weighted by atomic mass is 32.1. The van der Waals surface area contributed by atoms with Crippen LogP contribution in [-0.2, 0) is 4.84 Å². The molecule has 0 aliphatic carbocycles. The molecule has 0 unspecified atom stereocenters. The van der Waals surface area contributed by atoms with Crippen LogP contribution in [0.4, 0.5) is 5.69 Å². The number of furan rings is 1. The van der Waals surface area contributed by atoms with Crippen LogP contribution in [0.2, 0.25) is 0 Å². The van der Waals surface area contributed by atoms with Gasteiger partial charge in [-0.05, 0) is 35.7 Å². The topological polar surface area (TPSA) is 94.9 Å². The molecule has 0 radical (unpaired) electrons. The van der Waals surface area contributed by atoms with E-state index in [1.165, 1.54) is 35.8 Å². The second-order valence-corrected chi connectivity index (χ2v) is 5.52. The summed E-state index contributed by atoms with van der Waals surface area (Å²) < 4.78 is 4.95. The molecule has 8 heteroatoms. The number of carbonyl (C=O) groups excluding carboxylic acids is 1. The zero-order valence-electron chi connectivity index (χ0n) is 12.1. The number of non-ortho nitro benzene ring substituents is 1. The van der Waals surface area contributed by atoms with Crippen LogP contribution in [0.1, 0.15) is 21.0 Å². The monoisotopic (exact) mass is 342 g/mol. The van der Waals surface area contributed by atoms with Crippen LogP contribution in [0.5, 0.6) is 0 Å². The fraction of sp³-hybridized carbons (Fsp3) is 0. The van der Waals surface area contributed by atoms with Crippen LogP contribution in [0, 0.1) is 10.1 Å². The van der Waals surface area contributed by atoms with E-state index in [4.69, 9.17) is 9.25 Å². The van der Waals surface area contributed by atoms with Gasteiger partial charge in [0.15, 0.2) is 0 Å². The summed E-state index contributed by atoms with van der Waals surface area (Å²) in [6.45, 7) is 0. The summed E-state index contributed by atoms with van der Waals surface area (Å²) in [5.74, 6) is -0.691. The number of hydrogen-bond acceptors (Lipinski definition) is 7. The Morgan fingerprint density at radius 2 is 1.96 bits per heavy atom. The van der Waals surface area contributed by atoms with Gasteiger partial charge in [-0.15, -0.1) is 11.3 Å². The number of hydrogen-bond donors (Lipinski definition) is 0. The van der Waals surface area contributed by atoms with Gasteiger partial charge in [0, 0.05) is 17.7 Å². The van der Waals surface area contributed by atoms with Gasteiger partial charge in [-0.25, -0.2) is 4.79 Å². The fourth-order valence-corrected chi connectivity index (χ4v) is 2.65. The lowest BCUT2D eigenvalue weighted by Crippen LogP contribution is -2.06. The molecular weight excluding hydrogens is 332 g/mol. The van der Waals surface area contributed by atoms with Crippen LogP contribution >= 0.6 is 11.3 Å². The number of thiophene rings is 1. The van der Waals surface area contributed by atoms with Crippen molar-refractivity contribution < 1.29 is 19.0 Å². The molecule has 0 N–H and O–H groups in total. The SMILES string of the molecule is O=C(O/N=C(/c1ccc([N+](=O)[O-])cc1)c1cccs1)c1ccco1. The van der Waals surface area contributed by atoms with Crippen LogP contribution in [0.3, 0.4) is 0 Å². The Labute approximate surface area is 139 Å². The van der Waals surface area contributed by atoms with Crippen molar-refractivity contribution in [3.63, 3.8) is 0 Å². The summed E-state index contributed by atoms with van der Waals surface area (Å²) in [6.07, 6.45) is 1.36. The second kappa shape index (κ2) is 6.88. The van der Waals surface area contributed by atoms with Gasteiger partial charge < -0.3 is 9.25 Å². The highest BCUT2D eigenvalue weighted by Gasteiger charge is 2.15. The van der Waals surface area contributed by atoms with Crippen LogP contribution in [0.25, 0.3) is 0 Å². The van der Waals surface area contributed by atoms with Crippen molar-refractivity contribution in [3.05, 3.63) is 86.5 Å². The Hall–Kier alpha value is -3.26. The smallest absolute Gasteiger partial charge is 0.400 e. The first-order chi connectivity index (χ1) is 11.6. The molecule has 0 fully saturated rings. The largest absolute Gasteiger partial charge is 0.457 e. The maximum absolute atomic E-state index is 11.8. The number of benzene rings is 1. The predicted molar refractivity (Wildman–Crippen MR) is 87.2 cm³/mol. The third-order valence-electron chi connectivity index (χ3n) is 3.05. The molecule has 0 atom stereocenters. The van der Waals surface area contributed by atoms with Crippen molar-refractivity contribution >= 4 is 28.7 Å². The molecule has 7 nitrogen and oxygen atoms in total. The highest BCUT2D eigenvalue weighted by molar-refractivity contribution is 7.12. The van der Waals surface area contributed by atoms with Crippen LogP contribution in [0.15, 0.2) is 69.7 Å². The average molecular weight is 342 g/mol. The minimum Gasteiger partial charge on any atom is -0.457 e. The van der Waals surface area contributed by atoms with Gasteiger partial charge in [0.2, 0.25) is 5.76 Å². The Bertz CT molecular complexity index is 868. The molecule has 24 heavy (non-hydrogen) atoms. The zero-order chi connectivity index (χ0) is 16.9. The molecule has 0 spiro atoms. The first kappa shape index (κ1) is 15.6. The first-order valence-corrected chi connectivity index (χ1v) is 7.64. The molecule has 0 saturated heterocycles. The summed E-state index contributed by atoms with van der Waals surface area (Å²) in [6, 6.07) is 12.5. The maximum Gasteiger partial charge on any atom is 0.400 e. The van der Waals surface area contributed by atoms with Crippen molar-refractivity contribution in [2.75, 3.05) is 0 Å². The molecule has 3 rings (SSSR count). The third-order valence-corrected chi connectivity index (χ3v) is 3.92. The van der Waals surface area contributed by atoms with Crippen molar-refractivity contribution in [1.29, 1.82) is 0 Å². The summed E-state index contributed by atoms with van der Waals surface area (Å²) in [7, 11) is 0. The lowest BCUT2D eigenvalue weighted by atomic mass is 10.1. The summed E-state index contributed by atoms with van der Waals surface area (Å²) in [4.78, 5) is 27.8. The van der Waals surface area contributed by atoms with Gasteiger partial charge in [0.05, 0.1) is 16.1 Å². The molecule has 0 amide bonds. The molecule has 120 valence electrons. The first-order valence-electron chi connectivity index (χ1n) is 6.76. The average Bonchev–Trinajstić information content (AvgIpc) is 3.29. The number of oxime groups is 1. The van der Waals surface area contributed by atoms with Gasteiger partial charge in [0.1, 0.15) is 5.71 Å². The molecule has 3 aromatic rings. The molecule has 0 bridgehead atoms. The molecule has 0 aliphatic heterocycles. The van der Waals surface area contributed by atoms with Gasteiger partial charge in [-0.3, -0.25) is 10.1 Å². The zero-order valence-corrected chi connectivity index (χ0v) is 12.9. The minimum absolute atomic E-state index is 0.0307.